The second kappa shape index (κ2) is 7.69. The van der Waals surface area contributed by atoms with Crippen molar-refractivity contribution >= 4 is 15.9 Å². The van der Waals surface area contributed by atoms with Crippen LogP contribution in [0.1, 0.15) is 19.4 Å². The second-order valence-electron chi connectivity index (χ2n) is 3.54. The van der Waals surface area contributed by atoms with Crippen LogP contribution in [-0.2, 0) is 9.47 Å². The number of ether oxygens (including phenoxy) is 3. The fraction of sp³-hybridized carbons (Fsp3) is 0.538. The van der Waals surface area contributed by atoms with Gasteiger partial charge in [0.05, 0.1) is 4.47 Å². The van der Waals surface area contributed by atoms with Crippen molar-refractivity contribution < 1.29 is 14.2 Å². The van der Waals surface area contributed by atoms with Gasteiger partial charge in [-0.15, -0.1) is 0 Å². The van der Waals surface area contributed by atoms with Gasteiger partial charge in [0.1, 0.15) is 12.4 Å². The van der Waals surface area contributed by atoms with Crippen molar-refractivity contribution in [3.8, 4) is 5.75 Å². The van der Waals surface area contributed by atoms with Crippen molar-refractivity contribution in [3.63, 3.8) is 0 Å². The summed E-state index contributed by atoms with van der Waals surface area (Å²) in [5.74, 6) is 0.814. The number of hydrogen-bond acceptors (Lipinski definition) is 3. The molecule has 1 aromatic rings. The molecule has 4 heteroatoms. The third kappa shape index (κ3) is 4.66. The Hall–Kier alpha value is -0.580. The zero-order chi connectivity index (χ0) is 12.7. The van der Waals surface area contributed by atoms with Gasteiger partial charge in [0.25, 0.3) is 0 Å². The minimum absolute atomic E-state index is 0.308. The molecule has 1 rings (SSSR count). The lowest BCUT2D eigenvalue weighted by atomic mass is 10.2. The highest BCUT2D eigenvalue weighted by atomic mass is 79.9. The molecule has 0 N–H and O–H groups in total. The summed E-state index contributed by atoms with van der Waals surface area (Å²) in [7, 11) is 0. The third-order valence-electron chi connectivity index (χ3n) is 2.24. The molecule has 0 saturated carbocycles. The van der Waals surface area contributed by atoms with Gasteiger partial charge >= 0.3 is 0 Å². The molecule has 0 aliphatic carbocycles. The van der Waals surface area contributed by atoms with Crippen molar-refractivity contribution in [1.82, 2.24) is 0 Å². The molecular weight excluding hydrogens is 284 g/mol. The smallest absolute Gasteiger partial charge is 0.191 e. The Morgan fingerprint density at radius 3 is 2.41 bits per heavy atom. The third-order valence-corrected chi connectivity index (χ3v) is 3.25. The van der Waals surface area contributed by atoms with Gasteiger partial charge in [-0.1, -0.05) is 12.1 Å². The molecule has 0 spiro atoms. The van der Waals surface area contributed by atoms with Gasteiger partial charge in [0.2, 0.25) is 0 Å². The van der Waals surface area contributed by atoms with E-state index in [0.29, 0.717) is 19.8 Å². The van der Waals surface area contributed by atoms with Crippen LogP contribution in [0, 0.1) is 6.92 Å². The van der Waals surface area contributed by atoms with Crippen LogP contribution in [0.5, 0.6) is 5.75 Å². The van der Waals surface area contributed by atoms with E-state index in [1.54, 1.807) is 0 Å². The van der Waals surface area contributed by atoms with Crippen LogP contribution in [0.4, 0.5) is 0 Å². The standard InChI is InChI=1S/C13H19BrO3/c1-4-15-12(16-5-2)9-17-11-8-6-7-10(3)13(11)14/h6-8,12H,4-5,9H2,1-3H3. The lowest BCUT2D eigenvalue weighted by Gasteiger charge is -2.18. The van der Waals surface area contributed by atoms with Gasteiger partial charge in [-0.25, -0.2) is 0 Å². The number of halogens is 1. The fourth-order valence-electron chi connectivity index (χ4n) is 1.41. The molecule has 0 amide bonds. The predicted molar refractivity (Wildman–Crippen MR) is 71.4 cm³/mol. The molecule has 0 aliphatic rings. The quantitative estimate of drug-likeness (QED) is 0.721. The van der Waals surface area contributed by atoms with Gasteiger partial charge in [-0.2, -0.15) is 0 Å². The Morgan fingerprint density at radius 2 is 1.82 bits per heavy atom. The van der Waals surface area contributed by atoms with E-state index in [2.05, 4.69) is 15.9 Å². The first-order valence-corrected chi connectivity index (χ1v) is 6.59. The van der Waals surface area contributed by atoms with E-state index in [1.165, 1.54) is 0 Å². The second-order valence-corrected chi connectivity index (χ2v) is 4.33. The van der Waals surface area contributed by atoms with E-state index >= 15 is 0 Å². The molecule has 0 radical (unpaired) electrons. The number of rotatable bonds is 7. The summed E-state index contributed by atoms with van der Waals surface area (Å²) >= 11 is 3.50. The Labute approximate surface area is 111 Å². The molecule has 0 fully saturated rings. The average molecular weight is 303 g/mol. The largest absolute Gasteiger partial charge is 0.487 e. The van der Waals surface area contributed by atoms with Crippen molar-refractivity contribution in [3.05, 3.63) is 28.2 Å². The molecule has 0 heterocycles. The predicted octanol–water partition coefficient (Wildman–Crippen LogP) is 3.54. The molecule has 0 atom stereocenters. The summed E-state index contributed by atoms with van der Waals surface area (Å²) in [6.45, 7) is 7.53. The van der Waals surface area contributed by atoms with Crippen molar-refractivity contribution in [1.29, 1.82) is 0 Å². The highest BCUT2D eigenvalue weighted by molar-refractivity contribution is 9.10. The molecule has 17 heavy (non-hydrogen) atoms. The van der Waals surface area contributed by atoms with Crippen LogP contribution < -0.4 is 4.74 Å². The minimum Gasteiger partial charge on any atom is -0.487 e. The van der Waals surface area contributed by atoms with Crippen LogP contribution in [0.25, 0.3) is 0 Å². The van der Waals surface area contributed by atoms with Crippen LogP contribution in [0.2, 0.25) is 0 Å². The molecule has 1 aromatic carbocycles. The Bertz CT molecular complexity index is 335. The maximum atomic E-state index is 5.69. The number of benzene rings is 1. The highest BCUT2D eigenvalue weighted by Crippen LogP contribution is 2.28. The summed E-state index contributed by atoms with van der Waals surface area (Å²) in [6.07, 6.45) is -0.308. The molecule has 96 valence electrons. The van der Waals surface area contributed by atoms with Crippen LogP contribution >= 0.6 is 15.9 Å². The molecule has 0 aromatic heterocycles. The van der Waals surface area contributed by atoms with Crippen molar-refractivity contribution in [2.24, 2.45) is 0 Å². The van der Waals surface area contributed by atoms with E-state index in [4.69, 9.17) is 14.2 Å². The number of aryl methyl sites for hydroxylation is 1. The first-order valence-electron chi connectivity index (χ1n) is 5.80. The van der Waals surface area contributed by atoms with Gasteiger partial charge in [-0.05, 0) is 48.3 Å². The maximum absolute atomic E-state index is 5.69. The zero-order valence-electron chi connectivity index (χ0n) is 10.5. The average Bonchev–Trinajstić information content (AvgIpc) is 2.31. The summed E-state index contributed by atoms with van der Waals surface area (Å²) in [5.41, 5.74) is 1.15. The molecule has 0 aliphatic heterocycles. The van der Waals surface area contributed by atoms with E-state index in [9.17, 15) is 0 Å². The van der Waals surface area contributed by atoms with Crippen molar-refractivity contribution in [2.45, 2.75) is 27.1 Å². The topological polar surface area (TPSA) is 27.7 Å². The molecular formula is C13H19BrO3. The molecule has 3 nitrogen and oxygen atoms in total. The molecule has 0 saturated heterocycles. The van der Waals surface area contributed by atoms with Crippen LogP contribution in [-0.4, -0.2) is 26.1 Å². The number of hydrogen-bond donors (Lipinski definition) is 0. The van der Waals surface area contributed by atoms with Gasteiger partial charge < -0.3 is 14.2 Å². The van der Waals surface area contributed by atoms with Crippen LogP contribution in [0.15, 0.2) is 22.7 Å². The maximum Gasteiger partial charge on any atom is 0.191 e. The van der Waals surface area contributed by atoms with E-state index < -0.39 is 0 Å². The summed E-state index contributed by atoms with van der Waals surface area (Å²) in [5, 5.41) is 0. The van der Waals surface area contributed by atoms with Gasteiger partial charge in [0.15, 0.2) is 6.29 Å². The first-order chi connectivity index (χ1) is 8.19. The zero-order valence-corrected chi connectivity index (χ0v) is 12.1. The van der Waals surface area contributed by atoms with Gasteiger partial charge in [0, 0.05) is 13.2 Å². The Morgan fingerprint density at radius 1 is 1.18 bits per heavy atom. The lowest BCUT2D eigenvalue weighted by Crippen LogP contribution is -2.25. The Kier molecular flexibility index (Phi) is 6.55. The normalized spacial score (nSPS) is 10.9. The van der Waals surface area contributed by atoms with Crippen LogP contribution in [0.3, 0.4) is 0 Å². The van der Waals surface area contributed by atoms with E-state index in [-0.39, 0.29) is 6.29 Å². The SMILES string of the molecule is CCOC(COc1cccc(C)c1Br)OCC. The Balaban J connectivity index is 2.55. The minimum atomic E-state index is -0.308. The van der Waals surface area contributed by atoms with E-state index in [0.717, 1.165) is 15.8 Å². The van der Waals surface area contributed by atoms with Gasteiger partial charge in [-0.3, -0.25) is 0 Å². The first kappa shape index (κ1) is 14.5. The van der Waals surface area contributed by atoms with Crippen molar-refractivity contribution in [2.75, 3.05) is 19.8 Å². The molecule has 0 bridgehead atoms. The van der Waals surface area contributed by atoms with E-state index in [1.807, 2.05) is 39.0 Å². The monoisotopic (exact) mass is 302 g/mol. The molecule has 0 unspecified atom stereocenters. The summed E-state index contributed by atoms with van der Waals surface area (Å²) in [4.78, 5) is 0. The summed E-state index contributed by atoms with van der Waals surface area (Å²) < 4.78 is 17.5. The summed E-state index contributed by atoms with van der Waals surface area (Å²) in [6, 6.07) is 5.91. The fourth-order valence-corrected chi connectivity index (χ4v) is 1.78. The lowest BCUT2D eigenvalue weighted by molar-refractivity contribution is -0.152. The highest BCUT2D eigenvalue weighted by Gasteiger charge is 2.10.